The van der Waals surface area contributed by atoms with Crippen molar-refractivity contribution >= 4 is 11.6 Å². The fourth-order valence-electron chi connectivity index (χ4n) is 3.31. The first-order valence-electron chi connectivity index (χ1n) is 9.67. The number of ketones is 2. The lowest BCUT2D eigenvalue weighted by Gasteiger charge is -2.16. The predicted molar refractivity (Wildman–Crippen MR) is 100 cm³/mol. The number of carbonyl (C=O) groups excluding carboxylic acids is 2. The van der Waals surface area contributed by atoms with E-state index in [1.54, 1.807) is 13.0 Å². The number of hydrogen-bond donors (Lipinski definition) is 2. The second kappa shape index (κ2) is 12.2. The van der Waals surface area contributed by atoms with E-state index in [1.807, 2.05) is 18.2 Å². The standard InChI is InChI=1S/C21H34O4/c1-3-4-7-11-17(23)13-14-19-18(20(24)15-21(19)25)12-9-6-5-8-10-16(2)22/h6,9,13-14,17-19,21,23,25H,3-5,7-8,10-12,15H2,1-2H3/b9-6?,14-13+/t17?,18-,19-,21-/m1/s1. The van der Waals surface area contributed by atoms with Gasteiger partial charge >= 0.3 is 0 Å². The molecule has 1 aliphatic rings. The summed E-state index contributed by atoms with van der Waals surface area (Å²) in [6.45, 7) is 3.72. The highest BCUT2D eigenvalue weighted by Crippen LogP contribution is 2.33. The number of allylic oxidation sites excluding steroid dienone is 2. The molecule has 25 heavy (non-hydrogen) atoms. The molecule has 1 saturated carbocycles. The summed E-state index contributed by atoms with van der Waals surface area (Å²) < 4.78 is 0. The van der Waals surface area contributed by atoms with E-state index in [2.05, 4.69) is 6.92 Å². The van der Waals surface area contributed by atoms with Crippen molar-refractivity contribution in [2.24, 2.45) is 11.8 Å². The Balaban J connectivity index is 2.48. The minimum absolute atomic E-state index is 0.0935. The van der Waals surface area contributed by atoms with Crippen LogP contribution in [0.3, 0.4) is 0 Å². The third-order valence-electron chi connectivity index (χ3n) is 4.85. The molecule has 142 valence electrons. The predicted octanol–water partition coefficient (Wildman–Crippen LogP) is 3.76. The smallest absolute Gasteiger partial charge is 0.139 e. The highest BCUT2D eigenvalue weighted by Gasteiger charge is 2.39. The van der Waals surface area contributed by atoms with Gasteiger partial charge in [-0.15, -0.1) is 0 Å². The lowest BCUT2D eigenvalue weighted by molar-refractivity contribution is -0.121. The van der Waals surface area contributed by atoms with Crippen LogP contribution in [0.15, 0.2) is 24.3 Å². The molecule has 0 spiro atoms. The van der Waals surface area contributed by atoms with Crippen molar-refractivity contribution in [1.29, 1.82) is 0 Å². The van der Waals surface area contributed by atoms with Gasteiger partial charge in [-0.25, -0.2) is 0 Å². The Morgan fingerprint density at radius 3 is 2.72 bits per heavy atom. The van der Waals surface area contributed by atoms with Crippen LogP contribution in [0.1, 0.15) is 71.6 Å². The molecule has 2 N–H and O–H groups in total. The molecule has 0 aromatic rings. The Kier molecular flexibility index (Phi) is 10.6. The second-order valence-electron chi connectivity index (χ2n) is 7.17. The highest BCUT2D eigenvalue weighted by atomic mass is 16.3. The van der Waals surface area contributed by atoms with Gasteiger partial charge in [0.15, 0.2) is 0 Å². The minimum Gasteiger partial charge on any atom is -0.392 e. The largest absolute Gasteiger partial charge is 0.392 e. The van der Waals surface area contributed by atoms with Crippen LogP contribution in [0.25, 0.3) is 0 Å². The van der Waals surface area contributed by atoms with Gasteiger partial charge in [0.05, 0.1) is 12.2 Å². The maximum atomic E-state index is 12.1. The summed E-state index contributed by atoms with van der Waals surface area (Å²) in [5.41, 5.74) is 0. The van der Waals surface area contributed by atoms with Gasteiger partial charge in [0.1, 0.15) is 11.6 Å². The quantitative estimate of drug-likeness (QED) is 0.415. The van der Waals surface area contributed by atoms with E-state index in [4.69, 9.17) is 0 Å². The Morgan fingerprint density at radius 2 is 2.04 bits per heavy atom. The molecular weight excluding hydrogens is 316 g/mol. The Morgan fingerprint density at radius 1 is 1.28 bits per heavy atom. The molecule has 0 aromatic heterocycles. The third-order valence-corrected chi connectivity index (χ3v) is 4.85. The topological polar surface area (TPSA) is 74.6 Å². The summed E-state index contributed by atoms with van der Waals surface area (Å²) in [7, 11) is 0. The Hall–Kier alpha value is -1.26. The van der Waals surface area contributed by atoms with Gasteiger partial charge < -0.3 is 15.0 Å². The molecule has 1 fully saturated rings. The fraction of sp³-hybridized carbons (Fsp3) is 0.714. The van der Waals surface area contributed by atoms with E-state index in [9.17, 15) is 19.8 Å². The number of unbranched alkanes of at least 4 members (excludes halogenated alkanes) is 3. The van der Waals surface area contributed by atoms with Crippen LogP contribution in [0.5, 0.6) is 0 Å². The van der Waals surface area contributed by atoms with Crippen molar-refractivity contribution in [2.45, 2.75) is 83.8 Å². The van der Waals surface area contributed by atoms with Gasteiger partial charge in [-0.3, -0.25) is 4.79 Å². The van der Waals surface area contributed by atoms with E-state index >= 15 is 0 Å². The molecule has 1 unspecified atom stereocenters. The van der Waals surface area contributed by atoms with E-state index in [0.717, 1.165) is 38.5 Å². The van der Waals surface area contributed by atoms with E-state index < -0.39 is 12.2 Å². The first-order valence-corrected chi connectivity index (χ1v) is 9.67. The van der Waals surface area contributed by atoms with Crippen molar-refractivity contribution < 1.29 is 19.8 Å². The van der Waals surface area contributed by atoms with Crippen molar-refractivity contribution in [3.63, 3.8) is 0 Å². The van der Waals surface area contributed by atoms with Crippen molar-refractivity contribution in [2.75, 3.05) is 0 Å². The maximum absolute atomic E-state index is 12.1. The molecule has 1 rings (SSSR count). The van der Waals surface area contributed by atoms with Crippen LogP contribution in [-0.2, 0) is 9.59 Å². The zero-order valence-electron chi connectivity index (χ0n) is 15.7. The van der Waals surface area contributed by atoms with E-state index in [0.29, 0.717) is 12.8 Å². The van der Waals surface area contributed by atoms with Gasteiger partial charge in [0, 0.05) is 24.7 Å². The molecule has 0 aromatic carbocycles. The first kappa shape index (κ1) is 21.8. The number of carbonyl (C=O) groups is 2. The molecule has 1 aliphatic carbocycles. The molecule has 0 radical (unpaired) electrons. The number of aliphatic hydroxyl groups excluding tert-OH is 2. The summed E-state index contributed by atoms with van der Waals surface area (Å²) >= 11 is 0. The second-order valence-corrected chi connectivity index (χ2v) is 7.17. The van der Waals surface area contributed by atoms with E-state index in [-0.39, 0.29) is 29.8 Å². The summed E-state index contributed by atoms with van der Waals surface area (Å²) in [5, 5.41) is 20.1. The van der Waals surface area contributed by atoms with Gasteiger partial charge in [-0.05, 0) is 32.6 Å². The third kappa shape index (κ3) is 8.59. The molecule has 0 bridgehead atoms. The first-order chi connectivity index (χ1) is 12.0. The number of hydrogen-bond acceptors (Lipinski definition) is 4. The van der Waals surface area contributed by atoms with Crippen LogP contribution in [0.4, 0.5) is 0 Å². The minimum atomic E-state index is -0.650. The molecule has 0 heterocycles. The van der Waals surface area contributed by atoms with Crippen molar-refractivity contribution in [3.8, 4) is 0 Å². The number of aliphatic hydroxyl groups is 2. The SMILES string of the molecule is CCCCCC(O)/C=C/[C@H]1[C@H](O)CC(=O)[C@@H]1CC=CCCCC(C)=O. The van der Waals surface area contributed by atoms with Crippen LogP contribution >= 0.6 is 0 Å². The average molecular weight is 350 g/mol. The lowest BCUT2D eigenvalue weighted by atomic mass is 9.90. The van der Waals surface area contributed by atoms with Crippen LogP contribution < -0.4 is 0 Å². The van der Waals surface area contributed by atoms with Gasteiger partial charge in [0.2, 0.25) is 0 Å². The van der Waals surface area contributed by atoms with Gasteiger partial charge in [-0.2, -0.15) is 0 Å². The molecule has 4 heteroatoms. The van der Waals surface area contributed by atoms with Crippen molar-refractivity contribution in [1.82, 2.24) is 0 Å². The molecule has 0 amide bonds. The molecular formula is C21H34O4. The summed E-state index contributed by atoms with van der Waals surface area (Å²) in [6, 6.07) is 0. The fourth-order valence-corrected chi connectivity index (χ4v) is 3.31. The molecule has 4 nitrogen and oxygen atoms in total. The molecule has 4 atom stereocenters. The maximum Gasteiger partial charge on any atom is 0.139 e. The van der Waals surface area contributed by atoms with Crippen LogP contribution in [-0.4, -0.2) is 34.0 Å². The average Bonchev–Trinajstić information content (AvgIpc) is 2.82. The van der Waals surface area contributed by atoms with Crippen molar-refractivity contribution in [3.05, 3.63) is 24.3 Å². The Bertz CT molecular complexity index is 467. The zero-order valence-corrected chi connectivity index (χ0v) is 15.7. The Labute approximate surface area is 152 Å². The monoisotopic (exact) mass is 350 g/mol. The zero-order chi connectivity index (χ0) is 18.7. The van der Waals surface area contributed by atoms with Gasteiger partial charge in [0.25, 0.3) is 0 Å². The van der Waals surface area contributed by atoms with E-state index in [1.165, 1.54) is 0 Å². The van der Waals surface area contributed by atoms with Crippen LogP contribution in [0, 0.1) is 11.8 Å². The lowest BCUT2D eigenvalue weighted by Crippen LogP contribution is -2.18. The number of Topliss-reactive ketones (excluding diaryl/α,β-unsaturated/α-hetero) is 2. The number of rotatable bonds is 12. The summed E-state index contributed by atoms with van der Waals surface area (Å²) in [4.78, 5) is 23.0. The molecule has 0 aliphatic heterocycles. The highest BCUT2D eigenvalue weighted by molar-refractivity contribution is 5.84. The van der Waals surface area contributed by atoms with Gasteiger partial charge in [-0.1, -0.05) is 50.5 Å². The van der Waals surface area contributed by atoms with Crippen LogP contribution in [0.2, 0.25) is 0 Å². The summed E-state index contributed by atoms with van der Waals surface area (Å²) in [5.74, 6) is -0.130. The summed E-state index contributed by atoms with van der Waals surface area (Å²) in [6.07, 6.45) is 13.4. The normalized spacial score (nSPS) is 25.3. The molecule has 0 saturated heterocycles.